The second-order valence-corrected chi connectivity index (χ2v) is 6.43. The molecule has 3 rings (SSSR count). The predicted octanol–water partition coefficient (Wildman–Crippen LogP) is 3.61. The van der Waals surface area contributed by atoms with E-state index in [2.05, 4.69) is 10.00 Å². The second-order valence-electron chi connectivity index (χ2n) is 6.02. The number of aromatic nitrogens is 2. The molecule has 1 atom stereocenters. The minimum atomic E-state index is 0.485. The first-order chi connectivity index (χ1) is 11.7. The molecule has 0 amide bonds. The van der Waals surface area contributed by atoms with Gasteiger partial charge in [-0.25, -0.2) is 0 Å². The van der Waals surface area contributed by atoms with E-state index < -0.39 is 0 Å². The van der Waals surface area contributed by atoms with Gasteiger partial charge in [-0.1, -0.05) is 11.6 Å². The summed E-state index contributed by atoms with van der Waals surface area (Å²) in [5, 5.41) is 5.05. The fourth-order valence-electron chi connectivity index (χ4n) is 3.28. The van der Waals surface area contributed by atoms with Crippen LogP contribution in [-0.2, 0) is 13.1 Å². The summed E-state index contributed by atoms with van der Waals surface area (Å²) in [5.41, 5.74) is 1.07. The molecular weight excluding hydrogens is 326 g/mol. The quantitative estimate of drug-likeness (QED) is 0.765. The molecule has 0 bridgehead atoms. The smallest absolute Gasteiger partial charge is 0.162 e. The molecule has 1 fully saturated rings. The van der Waals surface area contributed by atoms with E-state index in [4.69, 9.17) is 21.1 Å². The molecule has 5 nitrogen and oxygen atoms in total. The summed E-state index contributed by atoms with van der Waals surface area (Å²) in [7, 11) is 1.66. The number of hydrogen-bond acceptors (Lipinski definition) is 4. The summed E-state index contributed by atoms with van der Waals surface area (Å²) >= 11 is 6.48. The van der Waals surface area contributed by atoms with Crippen molar-refractivity contribution in [3.05, 3.63) is 41.2 Å². The molecule has 0 spiro atoms. The van der Waals surface area contributed by atoms with E-state index in [1.54, 1.807) is 7.11 Å². The number of benzene rings is 1. The monoisotopic (exact) mass is 349 g/mol. The maximum absolute atomic E-state index is 6.48. The number of rotatable bonds is 7. The summed E-state index contributed by atoms with van der Waals surface area (Å²) < 4.78 is 13.0. The van der Waals surface area contributed by atoms with Crippen LogP contribution in [0.25, 0.3) is 0 Å². The van der Waals surface area contributed by atoms with Gasteiger partial charge in [-0.3, -0.25) is 9.58 Å². The fraction of sp³-hybridized carbons (Fsp3) is 0.500. The Labute approximate surface area is 148 Å². The summed E-state index contributed by atoms with van der Waals surface area (Å²) in [6.07, 6.45) is 6.24. The Kier molecular flexibility index (Phi) is 5.63. The van der Waals surface area contributed by atoms with Gasteiger partial charge in [0, 0.05) is 36.1 Å². The van der Waals surface area contributed by atoms with Gasteiger partial charge in [0.1, 0.15) is 0 Å². The number of halogens is 1. The van der Waals surface area contributed by atoms with Crippen LogP contribution in [0, 0.1) is 0 Å². The average molecular weight is 350 g/mol. The Balaban J connectivity index is 1.74. The number of likely N-dealkylation sites (tertiary alicyclic amines) is 1. The molecule has 1 aliphatic rings. The minimum Gasteiger partial charge on any atom is -0.493 e. The molecule has 1 saturated heterocycles. The van der Waals surface area contributed by atoms with Gasteiger partial charge in [0.15, 0.2) is 11.5 Å². The standard InChI is InChI=1S/C18H24ClN3O2/c1-3-24-18-11-16(19)14(10-17(18)23-2)12-21-8-4-6-15(21)13-22-9-5-7-20-22/h5,7,9-11,15H,3-4,6,8,12-13H2,1-2H3/t15-/m0/s1. The van der Waals surface area contributed by atoms with Gasteiger partial charge in [0.2, 0.25) is 0 Å². The van der Waals surface area contributed by atoms with Crippen LogP contribution in [0.2, 0.25) is 5.02 Å². The van der Waals surface area contributed by atoms with Crippen molar-refractivity contribution in [2.24, 2.45) is 0 Å². The minimum absolute atomic E-state index is 0.485. The Hall–Kier alpha value is -1.72. The highest BCUT2D eigenvalue weighted by Crippen LogP contribution is 2.35. The number of hydrogen-bond donors (Lipinski definition) is 0. The van der Waals surface area contributed by atoms with Crippen molar-refractivity contribution in [3.8, 4) is 11.5 Å². The van der Waals surface area contributed by atoms with Crippen molar-refractivity contribution < 1.29 is 9.47 Å². The Morgan fingerprint density at radius 2 is 2.21 bits per heavy atom. The highest BCUT2D eigenvalue weighted by Gasteiger charge is 2.26. The SMILES string of the molecule is CCOc1cc(Cl)c(CN2CCC[C@H]2Cn2cccn2)cc1OC. The molecular formula is C18H24ClN3O2. The molecule has 1 aromatic carbocycles. The summed E-state index contributed by atoms with van der Waals surface area (Å²) in [5.74, 6) is 1.43. The van der Waals surface area contributed by atoms with Gasteiger partial charge >= 0.3 is 0 Å². The molecule has 1 aromatic heterocycles. The molecule has 0 N–H and O–H groups in total. The van der Waals surface area contributed by atoms with Crippen LogP contribution < -0.4 is 9.47 Å². The maximum atomic E-state index is 6.48. The highest BCUT2D eigenvalue weighted by atomic mass is 35.5. The molecule has 6 heteroatoms. The zero-order valence-electron chi connectivity index (χ0n) is 14.2. The van der Waals surface area contributed by atoms with E-state index in [-0.39, 0.29) is 0 Å². The second kappa shape index (κ2) is 7.90. The van der Waals surface area contributed by atoms with Crippen molar-refractivity contribution in [3.63, 3.8) is 0 Å². The maximum Gasteiger partial charge on any atom is 0.162 e. The molecule has 130 valence electrons. The molecule has 2 heterocycles. The lowest BCUT2D eigenvalue weighted by Crippen LogP contribution is -2.32. The summed E-state index contributed by atoms with van der Waals surface area (Å²) in [4.78, 5) is 2.47. The van der Waals surface area contributed by atoms with Crippen LogP contribution in [0.5, 0.6) is 11.5 Å². The lowest BCUT2D eigenvalue weighted by atomic mass is 10.1. The zero-order chi connectivity index (χ0) is 16.9. The molecule has 1 aliphatic heterocycles. The van der Waals surface area contributed by atoms with Crippen molar-refractivity contribution in [2.75, 3.05) is 20.3 Å². The normalized spacial score (nSPS) is 18.0. The van der Waals surface area contributed by atoms with E-state index in [1.165, 1.54) is 12.8 Å². The first-order valence-electron chi connectivity index (χ1n) is 8.42. The van der Waals surface area contributed by atoms with Crippen LogP contribution in [0.4, 0.5) is 0 Å². The van der Waals surface area contributed by atoms with Gasteiger partial charge in [0.05, 0.1) is 20.3 Å². The van der Waals surface area contributed by atoms with Crippen LogP contribution in [-0.4, -0.2) is 41.0 Å². The summed E-state index contributed by atoms with van der Waals surface area (Å²) in [6, 6.07) is 6.31. The molecule has 0 radical (unpaired) electrons. The van der Waals surface area contributed by atoms with Gasteiger partial charge in [-0.15, -0.1) is 0 Å². The Morgan fingerprint density at radius 1 is 1.33 bits per heavy atom. The fourth-order valence-corrected chi connectivity index (χ4v) is 3.49. The van der Waals surface area contributed by atoms with Crippen molar-refractivity contribution in [1.82, 2.24) is 14.7 Å². The molecule has 24 heavy (non-hydrogen) atoms. The number of ether oxygens (including phenoxy) is 2. The van der Waals surface area contributed by atoms with E-state index in [0.29, 0.717) is 18.4 Å². The first kappa shape index (κ1) is 17.1. The van der Waals surface area contributed by atoms with Crippen LogP contribution in [0.3, 0.4) is 0 Å². The van der Waals surface area contributed by atoms with Crippen LogP contribution in [0.1, 0.15) is 25.3 Å². The van der Waals surface area contributed by atoms with Crippen molar-refractivity contribution in [1.29, 1.82) is 0 Å². The highest BCUT2D eigenvalue weighted by molar-refractivity contribution is 6.31. The van der Waals surface area contributed by atoms with E-state index in [9.17, 15) is 0 Å². The van der Waals surface area contributed by atoms with Crippen LogP contribution in [0.15, 0.2) is 30.6 Å². The van der Waals surface area contributed by atoms with Gasteiger partial charge in [-0.2, -0.15) is 5.10 Å². The van der Waals surface area contributed by atoms with Gasteiger partial charge in [0.25, 0.3) is 0 Å². The van der Waals surface area contributed by atoms with Crippen molar-refractivity contribution in [2.45, 2.75) is 38.9 Å². The number of methoxy groups -OCH3 is 1. The molecule has 2 aromatic rings. The van der Waals surface area contributed by atoms with Crippen molar-refractivity contribution >= 4 is 11.6 Å². The summed E-state index contributed by atoms with van der Waals surface area (Å²) in [6.45, 7) is 5.35. The first-order valence-corrected chi connectivity index (χ1v) is 8.79. The average Bonchev–Trinajstić information content (AvgIpc) is 3.23. The lowest BCUT2D eigenvalue weighted by molar-refractivity contribution is 0.219. The van der Waals surface area contributed by atoms with E-state index in [1.807, 2.05) is 42.2 Å². The third-order valence-corrected chi connectivity index (χ3v) is 4.81. The predicted molar refractivity (Wildman–Crippen MR) is 94.8 cm³/mol. The Bertz CT molecular complexity index is 661. The van der Waals surface area contributed by atoms with Crippen LogP contribution >= 0.6 is 11.6 Å². The topological polar surface area (TPSA) is 39.5 Å². The Morgan fingerprint density at radius 3 is 2.92 bits per heavy atom. The molecule has 0 aliphatic carbocycles. The molecule has 0 saturated carbocycles. The lowest BCUT2D eigenvalue weighted by Gasteiger charge is -2.25. The third-order valence-electron chi connectivity index (χ3n) is 4.46. The van der Waals surface area contributed by atoms with Gasteiger partial charge in [-0.05, 0) is 44.0 Å². The van der Waals surface area contributed by atoms with E-state index >= 15 is 0 Å². The van der Waals surface area contributed by atoms with Gasteiger partial charge < -0.3 is 9.47 Å². The third kappa shape index (κ3) is 3.84. The zero-order valence-corrected chi connectivity index (χ0v) is 15.0. The largest absolute Gasteiger partial charge is 0.493 e. The molecule has 0 unspecified atom stereocenters. The van der Waals surface area contributed by atoms with E-state index in [0.717, 1.165) is 36.0 Å². The number of nitrogens with zero attached hydrogens (tertiary/aromatic N) is 3.